The highest BCUT2D eigenvalue weighted by Crippen LogP contribution is 2.67. The third-order valence-electron chi connectivity index (χ3n) is 6.97. The zero-order valence-electron chi connectivity index (χ0n) is 15.9. The molecule has 0 saturated heterocycles. The summed E-state index contributed by atoms with van der Waals surface area (Å²) in [5.41, 5.74) is 4.48. The third-order valence-corrected chi connectivity index (χ3v) is 6.97. The fraction of sp³-hybridized carbons (Fsp3) is 0.409. The largest absolute Gasteiger partial charge is 0.272 e. The van der Waals surface area contributed by atoms with Gasteiger partial charge < -0.3 is 0 Å². The van der Waals surface area contributed by atoms with Gasteiger partial charge in [0, 0.05) is 17.2 Å². The Morgan fingerprint density at radius 2 is 2.00 bits per heavy atom. The Morgan fingerprint density at radius 1 is 1.19 bits per heavy atom. The average Bonchev–Trinajstić information content (AvgIpc) is 3.22. The van der Waals surface area contributed by atoms with Gasteiger partial charge in [-0.3, -0.25) is 4.68 Å². The number of benzene rings is 1. The van der Waals surface area contributed by atoms with Crippen molar-refractivity contribution in [2.45, 2.75) is 51.5 Å². The van der Waals surface area contributed by atoms with Crippen molar-refractivity contribution in [2.24, 2.45) is 5.41 Å². The van der Waals surface area contributed by atoms with Crippen LogP contribution in [0.25, 0.3) is 11.3 Å². The minimum absolute atomic E-state index is 0.0672. The summed E-state index contributed by atoms with van der Waals surface area (Å²) in [6.07, 6.45) is 4.26. The number of nitrogens with zero attached hydrogens (tertiary/aromatic N) is 4. The van der Waals surface area contributed by atoms with Crippen molar-refractivity contribution >= 4 is 0 Å². The molecule has 138 valence electrons. The molecular weight excluding hydrogens is 339 g/mol. The summed E-state index contributed by atoms with van der Waals surface area (Å²) < 4.78 is 16.3. The summed E-state index contributed by atoms with van der Waals surface area (Å²) >= 11 is 0. The van der Waals surface area contributed by atoms with E-state index in [4.69, 9.17) is 0 Å². The van der Waals surface area contributed by atoms with Gasteiger partial charge in [0.25, 0.3) is 0 Å². The molecule has 2 atom stereocenters. The van der Waals surface area contributed by atoms with Crippen LogP contribution in [0.4, 0.5) is 4.39 Å². The maximum absolute atomic E-state index is 14.3. The molecule has 0 unspecified atom stereocenters. The van der Waals surface area contributed by atoms with Crippen molar-refractivity contribution in [1.82, 2.24) is 20.0 Å². The van der Waals surface area contributed by atoms with Crippen molar-refractivity contribution in [3.8, 4) is 11.3 Å². The summed E-state index contributed by atoms with van der Waals surface area (Å²) in [4.78, 5) is 0. The maximum Gasteiger partial charge on any atom is 0.132 e. The molecule has 0 N–H and O–H groups in total. The van der Waals surface area contributed by atoms with Crippen LogP contribution in [-0.2, 0) is 12.0 Å². The Kier molecular flexibility index (Phi) is 3.37. The number of hydrogen-bond donors (Lipinski definition) is 0. The van der Waals surface area contributed by atoms with E-state index in [2.05, 4.69) is 35.2 Å². The van der Waals surface area contributed by atoms with Crippen LogP contribution in [0, 0.1) is 18.2 Å². The van der Waals surface area contributed by atoms with Gasteiger partial charge in [0.05, 0.1) is 23.6 Å². The number of rotatable bonds is 3. The first-order valence-corrected chi connectivity index (χ1v) is 9.55. The molecule has 5 rings (SSSR count). The van der Waals surface area contributed by atoms with Gasteiger partial charge in [-0.2, -0.15) is 15.3 Å². The molecule has 5 heteroatoms. The molecule has 1 aromatic carbocycles. The zero-order chi connectivity index (χ0) is 18.8. The topological polar surface area (TPSA) is 43.6 Å². The lowest BCUT2D eigenvalue weighted by Crippen LogP contribution is -2.40. The molecule has 1 saturated carbocycles. The number of halogens is 1. The van der Waals surface area contributed by atoms with Crippen LogP contribution in [0.5, 0.6) is 0 Å². The van der Waals surface area contributed by atoms with E-state index >= 15 is 0 Å². The van der Waals surface area contributed by atoms with Gasteiger partial charge in [-0.15, -0.1) is 0 Å². The summed E-state index contributed by atoms with van der Waals surface area (Å²) in [7, 11) is 0. The molecule has 2 aromatic heterocycles. The number of aromatic nitrogens is 4. The third kappa shape index (κ3) is 2.17. The number of hydrogen-bond acceptors (Lipinski definition) is 3. The van der Waals surface area contributed by atoms with E-state index in [0.29, 0.717) is 17.2 Å². The lowest BCUT2D eigenvalue weighted by atomic mass is 9.68. The Balaban J connectivity index is 1.63. The molecule has 2 aliphatic carbocycles. The molecule has 2 aliphatic rings. The molecular formula is C22H23FN4. The quantitative estimate of drug-likeness (QED) is 0.681. The van der Waals surface area contributed by atoms with Crippen LogP contribution in [0.15, 0.2) is 42.6 Å². The zero-order valence-corrected chi connectivity index (χ0v) is 15.9. The number of fused-ring (bicyclic) bond motifs is 5. The fourth-order valence-corrected chi connectivity index (χ4v) is 5.40. The van der Waals surface area contributed by atoms with E-state index in [1.54, 1.807) is 12.1 Å². The highest BCUT2D eigenvalue weighted by Gasteiger charge is 2.63. The van der Waals surface area contributed by atoms with Crippen LogP contribution in [-0.4, -0.2) is 20.0 Å². The Bertz CT molecular complexity index is 1040. The molecule has 0 amide bonds. The molecule has 2 bridgehead atoms. The minimum atomic E-state index is -0.254. The van der Waals surface area contributed by atoms with Crippen LogP contribution in [0.2, 0.25) is 0 Å². The van der Waals surface area contributed by atoms with Gasteiger partial charge in [-0.05, 0) is 60.9 Å². The van der Waals surface area contributed by atoms with Crippen molar-refractivity contribution in [3.63, 3.8) is 0 Å². The summed E-state index contributed by atoms with van der Waals surface area (Å²) in [6, 6.07) is 10.9. The van der Waals surface area contributed by atoms with E-state index in [0.717, 1.165) is 30.8 Å². The Labute approximate surface area is 158 Å². The van der Waals surface area contributed by atoms with E-state index in [1.165, 1.54) is 11.6 Å². The second-order valence-electron chi connectivity index (χ2n) is 8.56. The lowest BCUT2D eigenvalue weighted by molar-refractivity contribution is 0.173. The molecule has 27 heavy (non-hydrogen) atoms. The molecule has 0 aliphatic heterocycles. The SMILES string of the molecule is Cc1ccn(C[C@]23CC[C@H](c4cc(-c5ccccc5F)nnc42)C3(C)C)n1. The van der Waals surface area contributed by atoms with Crippen molar-refractivity contribution < 1.29 is 4.39 Å². The first kappa shape index (κ1) is 16.6. The first-order chi connectivity index (χ1) is 12.9. The predicted octanol–water partition coefficient (Wildman–Crippen LogP) is 4.64. The van der Waals surface area contributed by atoms with E-state index in [1.807, 2.05) is 29.9 Å². The lowest BCUT2D eigenvalue weighted by Gasteiger charge is -2.37. The standard InChI is InChI=1S/C22H23FN4/c1-14-9-11-27(26-14)13-22-10-8-17(21(22,2)3)16-12-19(24-25-20(16)22)15-6-4-5-7-18(15)23/h4-7,9,11-12,17H,8,10,13H2,1-3H3/t17-,22-/m1/s1. The molecule has 2 heterocycles. The van der Waals surface area contributed by atoms with E-state index in [-0.39, 0.29) is 16.6 Å². The van der Waals surface area contributed by atoms with Crippen LogP contribution in [0.1, 0.15) is 49.6 Å². The van der Waals surface area contributed by atoms with Gasteiger partial charge in [-0.1, -0.05) is 26.0 Å². The van der Waals surface area contributed by atoms with Gasteiger partial charge in [0.2, 0.25) is 0 Å². The first-order valence-electron chi connectivity index (χ1n) is 9.55. The maximum atomic E-state index is 14.3. The van der Waals surface area contributed by atoms with Gasteiger partial charge >= 0.3 is 0 Å². The molecule has 0 radical (unpaired) electrons. The van der Waals surface area contributed by atoms with Crippen molar-refractivity contribution in [2.75, 3.05) is 0 Å². The van der Waals surface area contributed by atoms with Crippen LogP contribution < -0.4 is 0 Å². The average molecular weight is 362 g/mol. The smallest absolute Gasteiger partial charge is 0.132 e. The van der Waals surface area contributed by atoms with Gasteiger partial charge in [-0.25, -0.2) is 4.39 Å². The Morgan fingerprint density at radius 3 is 2.74 bits per heavy atom. The van der Waals surface area contributed by atoms with Crippen molar-refractivity contribution in [1.29, 1.82) is 0 Å². The second kappa shape index (κ2) is 5.47. The summed E-state index contributed by atoms with van der Waals surface area (Å²) in [5, 5.41) is 13.7. The highest BCUT2D eigenvalue weighted by atomic mass is 19.1. The van der Waals surface area contributed by atoms with Gasteiger partial charge in [0.1, 0.15) is 5.82 Å². The normalized spacial score (nSPS) is 25.0. The van der Waals surface area contributed by atoms with Crippen molar-refractivity contribution in [3.05, 3.63) is 65.4 Å². The van der Waals surface area contributed by atoms with E-state index < -0.39 is 0 Å². The van der Waals surface area contributed by atoms with E-state index in [9.17, 15) is 4.39 Å². The molecule has 0 spiro atoms. The van der Waals surface area contributed by atoms with Crippen LogP contribution in [0.3, 0.4) is 0 Å². The fourth-order valence-electron chi connectivity index (χ4n) is 5.40. The molecule has 3 aromatic rings. The Hall–Kier alpha value is -2.56. The highest BCUT2D eigenvalue weighted by molar-refractivity contribution is 5.62. The van der Waals surface area contributed by atoms with Gasteiger partial charge in [0.15, 0.2) is 0 Å². The molecule has 1 fully saturated rings. The number of aryl methyl sites for hydroxylation is 1. The summed E-state index contributed by atoms with van der Waals surface area (Å²) in [6.45, 7) is 7.50. The second-order valence-corrected chi connectivity index (χ2v) is 8.56. The minimum Gasteiger partial charge on any atom is -0.272 e. The summed E-state index contributed by atoms with van der Waals surface area (Å²) in [5.74, 6) is 0.168. The monoisotopic (exact) mass is 362 g/mol. The predicted molar refractivity (Wildman–Crippen MR) is 102 cm³/mol. The molecule has 4 nitrogen and oxygen atoms in total. The van der Waals surface area contributed by atoms with Crippen LogP contribution >= 0.6 is 0 Å².